The van der Waals surface area contributed by atoms with E-state index in [0.29, 0.717) is 24.4 Å². The molecule has 1 N–H and O–H groups in total. The Kier molecular flexibility index (Phi) is 5.58. The lowest BCUT2D eigenvalue weighted by Gasteiger charge is -2.39. The van der Waals surface area contributed by atoms with Crippen LogP contribution in [0.4, 0.5) is 9.18 Å². The summed E-state index contributed by atoms with van der Waals surface area (Å²) in [6.07, 6.45) is 1.65. The minimum Gasteiger partial charge on any atom is -0.487 e. The summed E-state index contributed by atoms with van der Waals surface area (Å²) in [5.41, 5.74) is 3.11. The molecule has 0 saturated carbocycles. The molecule has 1 aliphatic rings. The van der Waals surface area contributed by atoms with Crippen LogP contribution in [0.1, 0.15) is 29.8 Å². The molecule has 2 amide bonds. The summed E-state index contributed by atoms with van der Waals surface area (Å²) >= 11 is 0. The highest BCUT2D eigenvalue weighted by Crippen LogP contribution is 2.22. The van der Waals surface area contributed by atoms with Gasteiger partial charge in [-0.1, -0.05) is 0 Å². The van der Waals surface area contributed by atoms with Gasteiger partial charge in [0.25, 0.3) is 0 Å². The number of halogens is 1. The zero-order valence-electron chi connectivity index (χ0n) is 17.2. The lowest BCUT2D eigenvalue weighted by Crippen LogP contribution is -2.59. The number of amides is 2. The summed E-state index contributed by atoms with van der Waals surface area (Å²) in [4.78, 5) is 14.3. The van der Waals surface area contributed by atoms with Crippen molar-refractivity contribution in [1.82, 2.24) is 20.0 Å². The summed E-state index contributed by atoms with van der Waals surface area (Å²) in [5.74, 6) is 0.381. The number of rotatable bonds is 5. The van der Waals surface area contributed by atoms with E-state index in [1.165, 1.54) is 12.1 Å². The van der Waals surface area contributed by atoms with Crippen LogP contribution < -0.4 is 10.1 Å². The number of urea groups is 1. The maximum absolute atomic E-state index is 13.2. The lowest BCUT2D eigenvalue weighted by molar-refractivity contribution is 0.0436. The van der Waals surface area contributed by atoms with E-state index >= 15 is 0 Å². The third-order valence-corrected chi connectivity index (χ3v) is 5.35. The summed E-state index contributed by atoms with van der Waals surface area (Å²) < 4.78 is 20.7. The van der Waals surface area contributed by atoms with Crippen molar-refractivity contribution in [1.29, 1.82) is 5.26 Å². The van der Waals surface area contributed by atoms with Crippen LogP contribution in [0, 0.1) is 24.1 Å². The molecule has 2 aromatic carbocycles. The van der Waals surface area contributed by atoms with E-state index in [2.05, 4.69) is 16.5 Å². The first-order valence-electron chi connectivity index (χ1n) is 9.97. The molecule has 1 aromatic heterocycles. The number of carbonyl (C=O) groups is 1. The Morgan fingerprint density at radius 1 is 1.23 bits per heavy atom. The van der Waals surface area contributed by atoms with Gasteiger partial charge in [-0.15, -0.1) is 0 Å². The minimum absolute atomic E-state index is 0.0723. The Hall–Kier alpha value is -3.86. The van der Waals surface area contributed by atoms with Crippen LogP contribution in [-0.4, -0.2) is 39.9 Å². The van der Waals surface area contributed by atoms with Crippen molar-refractivity contribution < 1.29 is 13.9 Å². The Labute approximate surface area is 179 Å². The first-order chi connectivity index (χ1) is 14.9. The van der Waals surface area contributed by atoms with Gasteiger partial charge in [-0.05, 0) is 62.4 Å². The summed E-state index contributed by atoms with van der Waals surface area (Å²) in [6.45, 7) is 4.81. The number of nitrogens with one attached hydrogen (secondary N) is 1. The van der Waals surface area contributed by atoms with Gasteiger partial charge in [-0.3, -0.25) is 0 Å². The normalized spacial score (nSPS) is 14.5. The fourth-order valence-corrected chi connectivity index (χ4v) is 3.52. The average Bonchev–Trinajstić information content (AvgIpc) is 3.12. The third-order valence-electron chi connectivity index (χ3n) is 5.35. The number of hydrogen-bond donors (Lipinski definition) is 1. The van der Waals surface area contributed by atoms with Gasteiger partial charge in [-0.2, -0.15) is 10.4 Å². The minimum atomic E-state index is -0.301. The lowest BCUT2D eigenvalue weighted by atomic mass is 10.1. The number of aromatic nitrogens is 2. The number of hydrogen-bond acceptors (Lipinski definition) is 4. The predicted octanol–water partition coefficient (Wildman–Crippen LogP) is 3.73. The monoisotopic (exact) mass is 419 g/mol. The van der Waals surface area contributed by atoms with Crippen LogP contribution in [0.3, 0.4) is 0 Å². The Morgan fingerprint density at radius 3 is 2.55 bits per heavy atom. The largest absolute Gasteiger partial charge is 0.487 e. The number of benzene rings is 2. The molecule has 1 unspecified atom stereocenters. The second-order valence-corrected chi connectivity index (χ2v) is 7.53. The second kappa shape index (κ2) is 8.48. The molecule has 31 heavy (non-hydrogen) atoms. The second-order valence-electron chi connectivity index (χ2n) is 7.53. The third kappa shape index (κ3) is 4.36. The molecule has 0 radical (unpaired) electrons. The van der Waals surface area contributed by atoms with E-state index in [1.807, 2.05) is 13.8 Å². The van der Waals surface area contributed by atoms with Crippen LogP contribution in [0.5, 0.6) is 5.75 Å². The zero-order chi connectivity index (χ0) is 22.0. The molecule has 2 heterocycles. The van der Waals surface area contributed by atoms with E-state index in [0.717, 1.165) is 16.9 Å². The standard InChI is InChI=1S/C23H22FN5O2/c1-15(22-12-26-29(16(22)2)19-7-5-18(24)6-8-19)27-23(30)28-13-21(14-28)31-20-9-3-17(11-25)4-10-20/h3-10,12,15,21H,13-14H2,1-2H3,(H,27,30). The molecular weight excluding hydrogens is 397 g/mol. The topological polar surface area (TPSA) is 83.2 Å². The average molecular weight is 419 g/mol. The first kappa shape index (κ1) is 20.4. The Morgan fingerprint density at radius 2 is 1.90 bits per heavy atom. The van der Waals surface area contributed by atoms with Gasteiger partial charge in [0.05, 0.1) is 42.6 Å². The van der Waals surface area contributed by atoms with Crippen LogP contribution >= 0.6 is 0 Å². The number of likely N-dealkylation sites (tertiary alicyclic amines) is 1. The molecule has 7 nitrogen and oxygen atoms in total. The Balaban J connectivity index is 1.31. The van der Waals surface area contributed by atoms with Crippen molar-refractivity contribution in [2.24, 2.45) is 0 Å². The summed E-state index contributed by atoms with van der Waals surface area (Å²) in [7, 11) is 0. The van der Waals surface area contributed by atoms with Crippen LogP contribution in [0.2, 0.25) is 0 Å². The maximum atomic E-state index is 13.2. The van der Waals surface area contributed by atoms with Crippen LogP contribution in [-0.2, 0) is 0 Å². The van der Waals surface area contributed by atoms with E-state index < -0.39 is 0 Å². The molecule has 0 aliphatic carbocycles. The molecule has 1 atom stereocenters. The van der Waals surface area contributed by atoms with Gasteiger partial charge in [0.1, 0.15) is 17.7 Å². The van der Waals surface area contributed by atoms with Crippen molar-refractivity contribution in [2.75, 3.05) is 13.1 Å². The fraction of sp³-hybridized carbons (Fsp3) is 0.261. The zero-order valence-corrected chi connectivity index (χ0v) is 17.2. The quantitative estimate of drug-likeness (QED) is 0.683. The molecular formula is C23H22FN5O2. The van der Waals surface area contributed by atoms with Crippen molar-refractivity contribution >= 4 is 6.03 Å². The van der Waals surface area contributed by atoms with Crippen molar-refractivity contribution in [3.8, 4) is 17.5 Å². The highest BCUT2D eigenvalue weighted by molar-refractivity contribution is 5.75. The number of carbonyl (C=O) groups excluding carboxylic acids is 1. The van der Waals surface area contributed by atoms with Crippen LogP contribution in [0.15, 0.2) is 54.7 Å². The van der Waals surface area contributed by atoms with Crippen LogP contribution in [0.25, 0.3) is 5.69 Å². The summed E-state index contributed by atoms with van der Waals surface area (Å²) in [6, 6.07) is 14.7. The predicted molar refractivity (Wildman–Crippen MR) is 112 cm³/mol. The number of nitrogens with zero attached hydrogens (tertiary/aromatic N) is 4. The highest BCUT2D eigenvalue weighted by Gasteiger charge is 2.33. The fourth-order valence-electron chi connectivity index (χ4n) is 3.52. The number of ether oxygens (including phenoxy) is 1. The molecule has 8 heteroatoms. The maximum Gasteiger partial charge on any atom is 0.318 e. The molecule has 158 valence electrons. The van der Waals surface area contributed by atoms with Gasteiger partial charge in [0, 0.05) is 11.3 Å². The van der Waals surface area contributed by atoms with E-state index in [4.69, 9.17) is 10.00 Å². The molecule has 0 bridgehead atoms. The van der Waals surface area contributed by atoms with Crippen molar-refractivity contribution in [3.63, 3.8) is 0 Å². The van der Waals surface area contributed by atoms with E-state index in [9.17, 15) is 9.18 Å². The van der Waals surface area contributed by atoms with E-state index in [-0.39, 0.29) is 24.0 Å². The first-order valence-corrected chi connectivity index (χ1v) is 9.97. The molecule has 1 saturated heterocycles. The summed E-state index contributed by atoms with van der Waals surface area (Å²) in [5, 5.41) is 16.2. The van der Waals surface area contributed by atoms with Gasteiger partial charge in [0.15, 0.2) is 0 Å². The van der Waals surface area contributed by atoms with Crippen molar-refractivity contribution in [2.45, 2.75) is 26.0 Å². The van der Waals surface area contributed by atoms with Gasteiger partial charge in [0.2, 0.25) is 0 Å². The smallest absolute Gasteiger partial charge is 0.318 e. The van der Waals surface area contributed by atoms with Gasteiger partial charge >= 0.3 is 6.03 Å². The molecule has 1 fully saturated rings. The molecule has 0 spiro atoms. The van der Waals surface area contributed by atoms with Gasteiger partial charge < -0.3 is 15.0 Å². The number of nitriles is 1. The van der Waals surface area contributed by atoms with Crippen molar-refractivity contribution in [3.05, 3.63) is 77.4 Å². The molecule has 4 rings (SSSR count). The van der Waals surface area contributed by atoms with Gasteiger partial charge in [-0.25, -0.2) is 13.9 Å². The van der Waals surface area contributed by atoms with E-state index in [1.54, 1.807) is 52.2 Å². The SMILES string of the molecule is Cc1c(C(C)NC(=O)N2CC(Oc3ccc(C#N)cc3)C2)cnn1-c1ccc(F)cc1. The molecule has 3 aromatic rings. The Bertz CT molecular complexity index is 1110. The highest BCUT2D eigenvalue weighted by atomic mass is 19.1. The molecule has 1 aliphatic heterocycles.